The Kier molecular flexibility index (Phi) is 5.96. The van der Waals surface area contributed by atoms with Gasteiger partial charge in [0, 0.05) is 44.1 Å². The smallest absolute Gasteiger partial charge is 0.251 e. The van der Waals surface area contributed by atoms with Crippen molar-refractivity contribution in [3.05, 3.63) is 83.9 Å². The van der Waals surface area contributed by atoms with Crippen LogP contribution in [0.4, 0.5) is 0 Å². The highest BCUT2D eigenvalue weighted by Gasteiger charge is 2.27. The number of amides is 1. The Balaban J connectivity index is 1.38. The molecule has 1 N–H and O–H groups in total. The van der Waals surface area contributed by atoms with Gasteiger partial charge in [-0.15, -0.1) is 0 Å². The largest absolute Gasteiger partial charge is 0.348 e. The number of rotatable bonds is 7. The molecular formula is C22H24N4O3S. The second-order valence-electron chi connectivity index (χ2n) is 7.37. The van der Waals surface area contributed by atoms with E-state index in [0.29, 0.717) is 25.2 Å². The van der Waals surface area contributed by atoms with E-state index in [0.717, 1.165) is 30.5 Å². The molecule has 8 heteroatoms. The molecule has 0 radical (unpaired) electrons. The number of benzene rings is 2. The lowest BCUT2D eigenvalue weighted by molar-refractivity contribution is 0.0950. The number of nitrogens with zero attached hydrogens (tertiary/aromatic N) is 3. The second-order valence-corrected chi connectivity index (χ2v) is 9.31. The Morgan fingerprint density at radius 2 is 1.77 bits per heavy atom. The minimum absolute atomic E-state index is 0.168. The van der Waals surface area contributed by atoms with Gasteiger partial charge in [-0.2, -0.15) is 4.31 Å². The topological polar surface area (TPSA) is 84.3 Å². The van der Waals surface area contributed by atoms with Gasteiger partial charge in [0.25, 0.3) is 5.91 Å². The van der Waals surface area contributed by atoms with Crippen molar-refractivity contribution < 1.29 is 13.2 Å². The fraction of sp³-hybridized carbons (Fsp3) is 0.273. The van der Waals surface area contributed by atoms with Crippen LogP contribution in [0.25, 0.3) is 0 Å². The van der Waals surface area contributed by atoms with Gasteiger partial charge in [-0.3, -0.25) is 4.79 Å². The molecule has 2 aromatic carbocycles. The van der Waals surface area contributed by atoms with Crippen LogP contribution in [0.2, 0.25) is 0 Å². The first kappa shape index (κ1) is 20.3. The van der Waals surface area contributed by atoms with Crippen molar-refractivity contribution in [1.82, 2.24) is 19.2 Å². The highest BCUT2D eigenvalue weighted by molar-refractivity contribution is 7.89. The van der Waals surface area contributed by atoms with Crippen molar-refractivity contribution in [3.8, 4) is 0 Å². The van der Waals surface area contributed by atoms with E-state index in [9.17, 15) is 13.2 Å². The van der Waals surface area contributed by atoms with Crippen molar-refractivity contribution in [2.75, 3.05) is 13.1 Å². The number of aromatic nitrogens is 2. The van der Waals surface area contributed by atoms with Crippen molar-refractivity contribution >= 4 is 15.9 Å². The van der Waals surface area contributed by atoms with E-state index in [-0.39, 0.29) is 10.8 Å². The Morgan fingerprint density at radius 3 is 2.47 bits per heavy atom. The summed E-state index contributed by atoms with van der Waals surface area (Å²) in [6.45, 7) is 2.18. The third-order valence-electron chi connectivity index (χ3n) is 5.20. The van der Waals surface area contributed by atoms with Gasteiger partial charge < -0.3 is 9.88 Å². The summed E-state index contributed by atoms with van der Waals surface area (Å²) in [5.74, 6) is -0.295. The highest BCUT2D eigenvalue weighted by atomic mass is 32.2. The highest BCUT2D eigenvalue weighted by Crippen LogP contribution is 2.21. The second kappa shape index (κ2) is 8.81. The van der Waals surface area contributed by atoms with Gasteiger partial charge in [0.15, 0.2) is 0 Å². The van der Waals surface area contributed by atoms with E-state index >= 15 is 0 Å². The molecule has 1 saturated heterocycles. The lowest BCUT2D eigenvalue weighted by Gasteiger charge is -2.16. The van der Waals surface area contributed by atoms with E-state index in [2.05, 4.69) is 10.3 Å². The molecule has 1 fully saturated rings. The van der Waals surface area contributed by atoms with Gasteiger partial charge in [-0.05, 0) is 42.2 Å². The van der Waals surface area contributed by atoms with E-state index < -0.39 is 10.0 Å². The Hall–Kier alpha value is -2.97. The van der Waals surface area contributed by atoms with Crippen molar-refractivity contribution in [2.45, 2.75) is 30.8 Å². The molecule has 3 aromatic rings. The van der Waals surface area contributed by atoms with Crippen LogP contribution in [0.5, 0.6) is 0 Å². The van der Waals surface area contributed by atoms with Gasteiger partial charge >= 0.3 is 0 Å². The first-order valence-electron chi connectivity index (χ1n) is 9.94. The lowest BCUT2D eigenvalue weighted by atomic mass is 10.1. The maximum atomic E-state index is 12.7. The molecule has 30 heavy (non-hydrogen) atoms. The van der Waals surface area contributed by atoms with Crippen LogP contribution >= 0.6 is 0 Å². The van der Waals surface area contributed by atoms with E-state index in [1.807, 2.05) is 35.0 Å². The standard InChI is InChI=1S/C22H24N4O3S/c27-22(20-4-3-5-21(14-20)30(28,29)26-11-1-2-12-26)24-15-18-6-8-19(9-7-18)16-25-13-10-23-17-25/h3-10,13-14,17H,1-2,11-12,15-16H2,(H,24,27). The van der Waals surface area contributed by atoms with Crippen molar-refractivity contribution in [2.24, 2.45) is 0 Å². The van der Waals surface area contributed by atoms with Gasteiger partial charge in [0.05, 0.1) is 11.2 Å². The summed E-state index contributed by atoms with van der Waals surface area (Å²) in [6, 6.07) is 14.2. The predicted octanol–water partition coefficient (Wildman–Crippen LogP) is 2.65. The summed E-state index contributed by atoms with van der Waals surface area (Å²) in [7, 11) is -3.54. The number of carbonyl (C=O) groups is 1. The number of nitrogens with one attached hydrogen (secondary N) is 1. The van der Waals surface area contributed by atoms with Crippen LogP contribution in [0.1, 0.15) is 34.3 Å². The fourth-order valence-electron chi connectivity index (χ4n) is 3.51. The average Bonchev–Trinajstić information content (AvgIpc) is 3.48. The zero-order valence-corrected chi connectivity index (χ0v) is 17.4. The first-order valence-corrected chi connectivity index (χ1v) is 11.4. The van der Waals surface area contributed by atoms with Crippen molar-refractivity contribution in [3.63, 3.8) is 0 Å². The van der Waals surface area contributed by atoms with E-state index in [1.165, 1.54) is 10.4 Å². The normalized spacial score (nSPS) is 14.7. The summed E-state index contributed by atoms with van der Waals surface area (Å²) in [6.07, 6.45) is 7.18. The number of carbonyl (C=O) groups excluding carboxylic acids is 1. The third-order valence-corrected chi connectivity index (χ3v) is 7.09. The molecule has 0 aliphatic carbocycles. The maximum absolute atomic E-state index is 12.7. The molecule has 1 aliphatic rings. The van der Waals surface area contributed by atoms with Gasteiger partial charge in [-0.25, -0.2) is 13.4 Å². The quantitative estimate of drug-likeness (QED) is 0.632. The Labute approximate surface area is 176 Å². The molecule has 1 aliphatic heterocycles. The first-order chi connectivity index (χ1) is 14.5. The zero-order chi connectivity index (χ0) is 21.0. The predicted molar refractivity (Wildman–Crippen MR) is 113 cm³/mol. The average molecular weight is 425 g/mol. The monoisotopic (exact) mass is 424 g/mol. The molecular weight excluding hydrogens is 400 g/mol. The maximum Gasteiger partial charge on any atom is 0.251 e. The van der Waals surface area contributed by atoms with Gasteiger partial charge in [0.2, 0.25) is 10.0 Å². The van der Waals surface area contributed by atoms with Crippen LogP contribution in [-0.2, 0) is 23.1 Å². The van der Waals surface area contributed by atoms with E-state index in [4.69, 9.17) is 0 Å². The van der Waals surface area contributed by atoms with Crippen LogP contribution < -0.4 is 5.32 Å². The summed E-state index contributed by atoms with van der Waals surface area (Å²) in [5.41, 5.74) is 2.45. The van der Waals surface area contributed by atoms with E-state index in [1.54, 1.807) is 30.7 Å². The van der Waals surface area contributed by atoms with Gasteiger partial charge in [0.1, 0.15) is 0 Å². The molecule has 0 spiro atoms. The molecule has 1 amide bonds. The summed E-state index contributed by atoms with van der Waals surface area (Å²) >= 11 is 0. The minimum atomic E-state index is -3.54. The summed E-state index contributed by atoms with van der Waals surface area (Å²) < 4.78 is 28.9. The van der Waals surface area contributed by atoms with Crippen LogP contribution in [0, 0.1) is 0 Å². The molecule has 0 saturated carbocycles. The Morgan fingerprint density at radius 1 is 1.03 bits per heavy atom. The van der Waals surface area contributed by atoms with Crippen LogP contribution in [-0.4, -0.2) is 41.3 Å². The van der Waals surface area contributed by atoms with Gasteiger partial charge in [-0.1, -0.05) is 30.3 Å². The molecule has 0 unspecified atom stereocenters. The molecule has 156 valence electrons. The third kappa shape index (κ3) is 4.60. The Bertz CT molecular complexity index is 1100. The molecule has 0 bridgehead atoms. The molecule has 4 rings (SSSR count). The van der Waals surface area contributed by atoms with Crippen molar-refractivity contribution in [1.29, 1.82) is 0 Å². The number of hydrogen-bond acceptors (Lipinski definition) is 4. The number of sulfonamides is 1. The number of hydrogen-bond donors (Lipinski definition) is 1. The SMILES string of the molecule is O=C(NCc1ccc(Cn2ccnc2)cc1)c1cccc(S(=O)(=O)N2CCCC2)c1. The summed E-state index contributed by atoms with van der Waals surface area (Å²) in [4.78, 5) is 16.8. The molecule has 7 nitrogen and oxygen atoms in total. The zero-order valence-electron chi connectivity index (χ0n) is 16.6. The van der Waals surface area contributed by atoms with Crippen LogP contribution in [0.3, 0.4) is 0 Å². The van der Waals surface area contributed by atoms with Crippen LogP contribution in [0.15, 0.2) is 72.1 Å². The molecule has 1 aromatic heterocycles. The minimum Gasteiger partial charge on any atom is -0.348 e. The number of imidazole rings is 1. The fourth-order valence-corrected chi connectivity index (χ4v) is 5.08. The molecule has 2 heterocycles. The lowest BCUT2D eigenvalue weighted by Crippen LogP contribution is -2.28. The summed E-state index contributed by atoms with van der Waals surface area (Å²) in [5, 5.41) is 2.87. The molecule has 0 atom stereocenters.